The molecule has 1 aromatic heterocycles. The van der Waals surface area contributed by atoms with Crippen LogP contribution in [0, 0.1) is 5.82 Å². The van der Waals surface area contributed by atoms with Gasteiger partial charge in [0.05, 0.1) is 9.89 Å². The van der Waals surface area contributed by atoms with Crippen LogP contribution in [0.15, 0.2) is 40.2 Å². The molecular weight excluding hydrogens is 303 g/mol. The predicted octanol–water partition coefficient (Wildman–Crippen LogP) is 3.80. The summed E-state index contributed by atoms with van der Waals surface area (Å²) in [5.74, 6) is -0.245. The largest absolute Gasteiger partial charge is 0.392 e. The molecule has 0 radical (unpaired) electrons. The van der Waals surface area contributed by atoms with Crippen molar-refractivity contribution in [2.45, 2.75) is 18.9 Å². The van der Waals surface area contributed by atoms with Crippen molar-refractivity contribution in [3.05, 3.63) is 56.4 Å². The summed E-state index contributed by atoms with van der Waals surface area (Å²) in [5.41, 5.74) is 0.953. The minimum absolute atomic E-state index is 0.245. The fourth-order valence-corrected chi connectivity index (χ4v) is 3.21. The summed E-state index contributed by atoms with van der Waals surface area (Å²) >= 11 is 5.02. The zero-order valence-corrected chi connectivity index (χ0v) is 11.5. The fraction of sp³-hybridized carbons (Fsp3) is 0.231. The van der Waals surface area contributed by atoms with Gasteiger partial charge in [0.1, 0.15) is 5.82 Å². The molecule has 0 bridgehead atoms. The third kappa shape index (κ3) is 3.91. The van der Waals surface area contributed by atoms with Gasteiger partial charge in [-0.25, -0.2) is 4.39 Å². The first-order chi connectivity index (χ1) is 8.13. The van der Waals surface area contributed by atoms with Gasteiger partial charge in [-0.15, -0.1) is 11.3 Å². The van der Waals surface area contributed by atoms with Crippen LogP contribution in [0.1, 0.15) is 10.4 Å². The van der Waals surface area contributed by atoms with E-state index in [-0.39, 0.29) is 5.82 Å². The monoisotopic (exact) mass is 314 g/mol. The average Bonchev–Trinajstić information content (AvgIpc) is 2.67. The number of hydrogen-bond acceptors (Lipinski definition) is 2. The molecule has 17 heavy (non-hydrogen) atoms. The van der Waals surface area contributed by atoms with Crippen molar-refractivity contribution in [3.8, 4) is 0 Å². The predicted molar refractivity (Wildman–Crippen MR) is 71.8 cm³/mol. The molecule has 0 saturated carbocycles. The van der Waals surface area contributed by atoms with Crippen LogP contribution in [-0.4, -0.2) is 11.2 Å². The van der Waals surface area contributed by atoms with E-state index in [1.165, 1.54) is 12.1 Å². The second kappa shape index (κ2) is 5.76. The van der Waals surface area contributed by atoms with Gasteiger partial charge < -0.3 is 5.11 Å². The molecule has 1 heterocycles. The molecule has 0 spiro atoms. The van der Waals surface area contributed by atoms with Crippen LogP contribution >= 0.6 is 27.3 Å². The van der Waals surface area contributed by atoms with Gasteiger partial charge in [0, 0.05) is 11.3 Å². The lowest BCUT2D eigenvalue weighted by Crippen LogP contribution is -2.13. The van der Waals surface area contributed by atoms with Gasteiger partial charge in [-0.2, -0.15) is 0 Å². The van der Waals surface area contributed by atoms with Gasteiger partial charge in [0.2, 0.25) is 0 Å². The number of benzene rings is 1. The lowest BCUT2D eigenvalue weighted by atomic mass is 10.1. The minimum atomic E-state index is -0.425. The van der Waals surface area contributed by atoms with E-state index < -0.39 is 6.10 Å². The Morgan fingerprint density at radius 3 is 2.41 bits per heavy atom. The van der Waals surface area contributed by atoms with Crippen molar-refractivity contribution in [2.24, 2.45) is 0 Å². The van der Waals surface area contributed by atoms with E-state index in [1.54, 1.807) is 23.5 Å². The highest BCUT2D eigenvalue weighted by Gasteiger charge is 2.08. The van der Waals surface area contributed by atoms with Crippen molar-refractivity contribution >= 4 is 27.3 Å². The number of hydrogen-bond donors (Lipinski definition) is 1. The Balaban J connectivity index is 1.93. The van der Waals surface area contributed by atoms with Gasteiger partial charge in [-0.1, -0.05) is 12.1 Å². The summed E-state index contributed by atoms with van der Waals surface area (Å²) < 4.78 is 13.8. The molecule has 0 aliphatic heterocycles. The summed E-state index contributed by atoms with van der Waals surface area (Å²) in [5, 5.41) is 9.93. The molecule has 0 saturated heterocycles. The first kappa shape index (κ1) is 12.7. The van der Waals surface area contributed by atoms with Crippen LogP contribution in [-0.2, 0) is 12.8 Å². The van der Waals surface area contributed by atoms with Gasteiger partial charge in [0.25, 0.3) is 0 Å². The molecule has 0 aliphatic carbocycles. The van der Waals surface area contributed by atoms with Crippen molar-refractivity contribution in [1.82, 2.24) is 0 Å². The number of halogens is 2. The van der Waals surface area contributed by atoms with Gasteiger partial charge in [0.15, 0.2) is 0 Å². The van der Waals surface area contributed by atoms with Crippen LogP contribution < -0.4 is 0 Å². The second-order valence-corrected chi connectivity index (χ2v) is 6.44. The van der Waals surface area contributed by atoms with Crippen molar-refractivity contribution in [2.75, 3.05) is 0 Å². The molecule has 1 N–H and O–H groups in total. The second-order valence-electron chi connectivity index (χ2n) is 3.89. The summed E-state index contributed by atoms with van der Waals surface area (Å²) in [4.78, 5) is 1.14. The summed E-state index contributed by atoms with van der Waals surface area (Å²) in [6, 6.07) is 10.2. The summed E-state index contributed by atoms with van der Waals surface area (Å²) in [6.07, 6.45) is 0.759. The van der Waals surface area contributed by atoms with Crippen LogP contribution in [0.25, 0.3) is 0 Å². The minimum Gasteiger partial charge on any atom is -0.392 e. The molecule has 1 aromatic carbocycles. The normalized spacial score (nSPS) is 12.6. The Kier molecular flexibility index (Phi) is 4.31. The zero-order chi connectivity index (χ0) is 12.3. The highest BCUT2D eigenvalue weighted by atomic mass is 79.9. The van der Waals surface area contributed by atoms with Crippen molar-refractivity contribution in [1.29, 1.82) is 0 Å². The zero-order valence-electron chi connectivity index (χ0n) is 9.07. The summed E-state index contributed by atoms with van der Waals surface area (Å²) in [7, 11) is 0. The molecule has 0 amide bonds. The molecule has 1 atom stereocenters. The van der Waals surface area contributed by atoms with Gasteiger partial charge in [-0.05, 0) is 52.2 Å². The lowest BCUT2D eigenvalue weighted by Gasteiger charge is -2.09. The van der Waals surface area contributed by atoms with Crippen LogP contribution in [0.2, 0.25) is 0 Å². The van der Waals surface area contributed by atoms with E-state index in [2.05, 4.69) is 15.9 Å². The molecule has 0 aliphatic rings. The van der Waals surface area contributed by atoms with E-state index in [1.807, 2.05) is 12.1 Å². The van der Waals surface area contributed by atoms with E-state index >= 15 is 0 Å². The van der Waals surface area contributed by atoms with Crippen molar-refractivity contribution in [3.63, 3.8) is 0 Å². The van der Waals surface area contributed by atoms with E-state index in [0.29, 0.717) is 12.8 Å². The number of aliphatic hydroxyl groups is 1. The molecular formula is C13H12BrFOS. The van der Waals surface area contributed by atoms with Crippen molar-refractivity contribution < 1.29 is 9.50 Å². The Morgan fingerprint density at radius 1 is 1.12 bits per heavy atom. The van der Waals surface area contributed by atoms with Gasteiger partial charge >= 0.3 is 0 Å². The number of rotatable bonds is 4. The maximum absolute atomic E-state index is 12.7. The van der Waals surface area contributed by atoms with E-state index in [0.717, 1.165) is 14.2 Å². The number of thiophene rings is 1. The molecule has 1 unspecified atom stereocenters. The molecule has 4 heteroatoms. The maximum atomic E-state index is 12.7. The molecule has 2 rings (SSSR count). The molecule has 2 aromatic rings. The smallest absolute Gasteiger partial charge is 0.123 e. The molecule has 1 nitrogen and oxygen atoms in total. The van der Waals surface area contributed by atoms with Crippen LogP contribution in [0.4, 0.5) is 4.39 Å². The lowest BCUT2D eigenvalue weighted by molar-refractivity contribution is 0.176. The quantitative estimate of drug-likeness (QED) is 0.910. The maximum Gasteiger partial charge on any atom is 0.123 e. The highest BCUT2D eigenvalue weighted by molar-refractivity contribution is 9.11. The molecule has 0 fully saturated rings. The Labute approximate surface area is 112 Å². The Hall–Kier alpha value is -0.710. The first-order valence-corrected chi connectivity index (χ1v) is 6.91. The fourth-order valence-electron chi connectivity index (χ4n) is 1.66. The van der Waals surface area contributed by atoms with E-state index in [4.69, 9.17) is 0 Å². The number of aliphatic hydroxyl groups excluding tert-OH is 1. The van der Waals surface area contributed by atoms with Crippen LogP contribution in [0.5, 0.6) is 0 Å². The first-order valence-electron chi connectivity index (χ1n) is 5.30. The standard InChI is InChI=1S/C13H12BrFOS/c14-13-6-5-12(17-13)8-11(16)7-9-1-3-10(15)4-2-9/h1-6,11,16H,7-8H2. The Bertz CT molecular complexity index is 480. The SMILES string of the molecule is OC(Cc1ccc(F)cc1)Cc1ccc(Br)s1. The third-order valence-electron chi connectivity index (χ3n) is 2.45. The highest BCUT2D eigenvalue weighted by Crippen LogP contribution is 2.23. The Morgan fingerprint density at radius 2 is 1.82 bits per heavy atom. The third-order valence-corrected chi connectivity index (χ3v) is 4.10. The van der Waals surface area contributed by atoms with E-state index in [9.17, 15) is 9.50 Å². The average molecular weight is 315 g/mol. The van der Waals surface area contributed by atoms with Crippen LogP contribution in [0.3, 0.4) is 0 Å². The summed E-state index contributed by atoms with van der Waals surface area (Å²) in [6.45, 7) is 0. The topological polar surface area (TPSA) is 20.2 Å². The van der Waals surface area contributed by atoms with Gasteiger partial charge in [-0.3, -0.25) is 0 Å². The molecule has 90 valence electrons.